The maximum absolute atomic E-state index is 8.19. The Morgan fingerprint density at radius 2 is 0.598 bits per heavy atom. The quantitative estimate of drug-likeness (QED) is 0.169. The number of rotatable bonds is 4. The van der Waals surface area contributed by atoms with E-state index in [4.69, 9.17) is 43.5 Å². The van der Waals surface area contributed by atoms with E-state index in [1.54, 1.807) is 0 Å². The molecule has 2 aliphatic heterocycles. The molecule has 11 aromatic rings. The van der Waals surface area contributed by atoms with E-state index in [0.717, 1.165) is 113 Å². The summed E-state index contributed by atoms with van der Waals surface area (Å²) in [5.41, 5.74) is 12.3. The number of benzene rings is 8. The van der Waals surface area contributed by atoms with Crippen LogP contribution in [0.3, 0.4) is 0 Å². The van der Waals surface area contributed by atoms with Crippen LogP contribution in [0.4, 0.5) is 0 Å². The summed E-state index contributed by atoms with van der Waals surface area (Å²) in [6, 6.07) is 45.3. The third-order valence-electron chi connectivity index (χ3n) is 20.0. The minimum absolute atomic E-state index is 0.363. The molecule has 0 N–H and O–H groups in total. The van der Waals surface area contributed by atoms with Gasteiger partial charge < -0.3 is 29.9 Å². The van der Waals surface area contributed by atoms with Crippen LogP contribution in [-0.4, -0.2) is 29.9 Å². The van der Waals surface area contributed by atoms with Gasteiger partial charge in [-0.3, -0.25) is 0 Å². The summed E-state index contributed by atoms with van der Waals surface area (Å²) in [6.45, 7) is 0. The third kappa shape index (κ3) is 8.22. The van der Waals surface area contributed by atoms with E-state index < -0.39 is 0 Å². The normalized spacial score (nSPS) is 17.4. The van der Waals surface area contributed by atoms with Crippen molar-refractivity contribution in [2.45, 2.75) is 152 Å². The molecular formula is C72H64N8OV. The van der Waals surface area contributed by atoms with E-state index in [-0.39, 0.29) is 0 Å². The third-order valence-corrected chi connectivity index (χ3v) is 20.0. The molecule has 10 heteroatoms. The minimum Gasteiger partial charge on any atom is -0.357 e. The molecule has 9 nitrogen and oxygen atoms in total. The predicted molar refractivity (Wildman–Crippen MR) is 328 cm³/mol. The first-order valence-corrected chi connectivity index (χ1v) is 31.4. The van der Waals surface area contributed by atoms with Crippen molar-refractivity contribution >= 4 is 87.2 Å². The molecular weight excluding hydrogens is 1040 g/mol. The Morgan fingerprint density at radius 3 is 0.951 bits per heavy atom. The summed E-state index contributed by atoms with van der Waals surface area (Å²) in [6.07, 6.45) is 23.8. The zero-order chi connectivity index (χ0) is 54.4. The van der Waals surface area contributed by atoms with Gasteiger partial charge in [0.2, 0.25) is 0 Å². The number of fused-ring (bicyclic) bond motifs is 24. The molecule has 17 rings (SSSR count). The van der Waals surface area contributed by atoms with Gasteiger partial charge in [-0.15, -0.1) is 0 Å². The average Bonchev–Trinajstić information content (AvgIpc) is 3.77. The Balaban J connectivity index is 0.00000274. The number of nitrogens with zero attached hydrogens (tertiary/aromatic N) is 8. The van der Waals surface area contributed by atoms with Crippen LogP contribution in [0.25, 0.3) is 133 Å². The van der Waals surface area contributed by atoms with Gasteiger partial charge in [-0.05, 0) is 186 Å². The first-order valence-electron chi connectivity index (χ1n) is 30.8. The van der Waals surface area contributed by atoms with E-state index in [0.29, 0.717) is 69.6 Å². The second kappa shape index (κ2) is 20.8. The summed E-state index contributed by atoms with van der Waals surface area (Å²) < 4.78 is 8.19. The van der Waals surface area contributed by atoms with Crippen LogP contribution in [0.1, 0.15) is 174 Å². The van der Waals surface area contributed by atoms with Gasteiger partial charge in [0, 0.05) is 44.8 Å². The smallest absolute Gasteiger partial charge is 0.0930 e. The number of aromatic nitrogens is 8. The van der Waals surface area contributed by atoms with Crippen molar-refractivity contribution in [2.24, 2.45) is 0 Å². The SMILES string of the molecule is [O]=[V+2].c1ccc2c(C3CCCCC3)c3c(cc2c1)-c1nc-3nc2[n-]c(nc3nc(nc4[n-]c(n1)c1c(C5CCCCC5)c5ccccc5cc41)-c1c-3cc3ccccc3c1C1CCCCC1)c1c(C3CCCCC3)c3ccccc3cc21. The van der Waals surface area contributed by atoms with Crippen molar-refractivity contribution in [3.63, 3.8) is 0 Å². The van der Waals surface area contributed by atoms with Crippen LogP contribution in [0.2, 0.25) is 0 Å². The van der Waals surface area contributed by atoms with Crippen LogP contribution in [0.15, 0.2) is 121 Å². The molecule has 8 bridgehead atoms. The molecule has 4 fully saturated rings. The van der Waals surface area contributed by atoms with Gasteiger partial charge >= 0.3 is 21.0 Å². The Hall–Kier alpha value is -7.46. The van der Waals surface area contributed by atoms with E-state index in [1.165, 1.54) is 142 Å². The molecule has 4 saturated carbocycles. The second-order valence-corrected chi connectivity index (χ2v) is 24.6. The van der Waals surface area contributed by atoms with Gasteiger partial charge in [-0.25, -0.2) is 9.97 Å². The Labute approximate surface area is 486 Å². The summed E-state index contributed by atoms with van der Waals surface area (Å²) >= 11 is 1.06. The van der Waals surface area contributed by atoms with Gasteiger partial charge in [0.05, 0.1) is 23.3 Å². The first-order chi connectivity index (χ1) is 40.7. The fraction of sp³-hybridized carbons (Fsp3) is 0.333. The summed E-state index contributed by atoms with van der Waals surface area (Å²) in [7, 11) is 0. The fourth-order valence-electron chi connectivity index (χ4n) is 16.4. The molecule has 0 radical (unpaired) electrons. The minimum atomic E-state index is 0.363. The predicted octanol–water partition coefficient (Wildman–Crippen LogP) is 18.8. The van der Waals surface area contributed by atoms with E-state index in [9.17, 15) is 0 Å². The van der Waals surface area contributed by atoms with Gasteiger partial charge in [-0.2, -0.15) is 0 Å². The summed E-state index contributed by atoms with van der Waals surface area (Å²) in [5, 5.41) is 14.2. The molecule has 0 unspecified atom stereocenters. The second-order valence-electron chi connectivity index (χ2n) is 24.6. The monoisotopic (exact) mass is 1110 g/mol. The molecule has 4 aliphatic carbocycles. The molecule has 0 spiro atoms. The van der Waals surface area contributed by atoms with Gasteiger partial charge in [0.1, 0.15) is 0 Å². The van der Waals surface area contributed by atoms with Crippen LogP contribution in [-0.2, 0) is 21.0 Å². The van der Waals surface area contributed by atoms with Crippen molar-refractivity contribution in [1.82, 2.24) is 39.9 Å². The fourth-order valence-corrected chi connectivity index (χ4v) is 16.4. The van der Waals surface area contributed by atoms with Crippen molar-refractivity contribution in [3.8, 4) is 45.6 Å². The first kappa shape index (κ1) is 50.3. The summed E-state index contributed by atoms with van der Waals surface area (Å²) in [5.74, 6) is 4.12. The van der Waals surface area contributed by atoms with E-state index in [1.807, 2.05) is 0 Å². The maximum Gasteiger partial charge on any atom is 0.0930 e. The molecule has 6 aliphatic rings. The maximum atomic E-state index is 8.19. The molecule has 0 atom stereocenters. The zero-order valence-corrected chi connectivity index (χ0v) is 47.8. The molecule has 3 aromatic heterocycles. The largest absolute Gasteiger partial charge is 0.357 e. The average molecular weight is 1110 g/mol. The zero-order valence-electron chi connectivity index (χ0n) is 46.4. The Kier molecular flexibility index (Phi) is 12.7. The Morgan fingerprint density at radius 1 is 0.305 bits per heavy atom. The molecule has 403 valence electrons. The van der Waals surface area contributed by atoms with Gasteiger partial charge in [-0.1, -0.05) is 174 Å². The van der Waals surface area contributed by atoms with Gasteiger partial charge in [0.25, 0.3) is 0 Å². The van der Waals surface area contributed by atoms with Crippen LogP contribution in [0.5, 0.6) is 0 Å². The van der Waals surface area contributed by atoms with Crippen molar-refractivity contribution in [1.29, 1.82) is 0 Å². The molecule has 82 heavy (non-hydrogen) atoms. The summed E-state index contributed by atoms with van der Waals surface area (Å²) in [4.78, 5) is 46.3. The van der Waals surface area contributed by atoms with Crippen molar-refractivity contribution in [2.75, 3.05) is 0 Å². The Bertz CT molecular complexity index is 4280. The molecule has 5 heterocycles. The molecule has 0 saturated heterocycles. The van der Waals surface area contributed by atoms with Crippen LogP contribution >= 0.6 is 0 Å². The van der Waals surface area contributed by atoms with Crippen LogP contribution < -0.4 is 9.97 Å². The van der Waals surface area contributed by atoms with Crippen LogP contribution in [0, 0.1) is 0 Å². The van der Waals surface area contributed by atoms with Gasteiger partial charge in [0.15, 0.2) is 0 Å². The molecule has 8 aromatic carbocycles. The van der Waals surface area contributed by atoms with E-state index in [2.05, 4.69) is 121 Å². The standard InChI is InChI=1S/C72H64N8.O.V/c1-5-21-41(22-6-1)57-49-33-17-13-29-45(49)37-53-61(57)69-73-65(53)78-70-63-55(39-47-31-15-19-35-51(47)59(63)43-25-9-3-10-26-43)67(75-70)80-72-64-56(40-48-32-16-20-36-52(48)60(64)44-27-11-4-12-28-44)68(76-72)79-71-62-54(66(74-71)77-69)38-46-30-14-18-34-50(46)58(62)42-23-7-2-8-24-42;;/h13-20,29-44H,1-12,21-28H2;;/q-2;;+2. The van der Waals surface area contributed by atoms with Crippen molar-refractivity contribution < 1.29 is 21.0 Å². The molecule has 0 amide bonds. The van der Waals surface area contributed by atoms with Crippen molar-refractivity contribution in [3.05, 3.63) is 144 Å². The number of hydrogen-bond donors (Lipinski definition) is 0. The topological polar surface area (TPSA) is 123 Å². The number of hydrogen-bond acceptors (Lipinski definition) is 7. The van der Waals surface area contributed by atoms with E-state index >= 15 is 0 Å².